The van der Waals surface area contributed by atoms with E-state index in [-0.39, 0.29) is 0 Å². The van der Waals surface area contributed by atoms with E-state index in [0.29, 0.717) is 12.8 Å². The predicted molar refractivity (Wildman–Crippen MR) is 47.9 cm³/mol. The first kappa shape index (κ1) is 9.71. The summed E-state index contributed by atoms with van der Waals surface area (Å²) in [5.41, 5.74) is -0.483. The molecule has 1 nitrogen and oxygen atoms in total. The quantitative estimate of drug-likeness (QED) is 0.548. The molecule has 0 rings (SSSR count). The van der Waals surface area contributed by atoms with Gasteiger partial charge in [0, 0.05) is 0 Å². The first-order valence-electron chi connectivity index (χ1n) is 3.51. The van der Waals surface area contributed by atoms with Gasteiger partial charge in [-0.05, 0) is 12.8 Å². The highest BCUT2D eigenvalue weighted by Crippen LogP contribution is 2.27. The van der Waals surface area contributed by atoms with Crippen molar-refractivity contribution in [3.8, 4) is 6.07 Å². The molecule has 0 aliphatic rings. The molecule has 0 aliphatic heterocycles. The molecule has 0 aromatic carbocycles. The van der Waals surface area contributed by atoms with Crippen molar-refractivity contribution >= 4 is 0 Å². The van der Waals surface area contributed by atoms with Gasteiger partial charge in [-0.1, -0.05) is 18.2 Å². The molecule has 0 spiro atoms. The Balaban J connectivity index is 4.46. The normalized spacial score (nSPS) is 9.73. The largest absolute Gasteiger partial charge is 0.197 e. The van der Waals surface area contributed by atoms with Gasteiger partial charge >= 0.3 is 0 Å². The van der Waals surface area contributed by atoms with Crippen LogP contribution in [0.25, 0.3) is 0 Å². The van der Waals surface area contributed by atoms with Crippen LogP contribution in [0.4, 0.5) is 0 Å². The van der Waals surface area contributed by atoms with Gasteiger partial charge < -0.3 is 0 Å². The molecule has 58 valence electrons. The number of nitrogens with zero attached hydrogens (tertiary/aromatic N) is 1. The average Bonchev–Trinajstić information content (AvgIpc) is 2.04. The average molecular weight is 147 g/mol. The maximum Gasteiger partial charge on any atom is 0.0819 e. The number of nitriles is 1. The topological polar surface area (TPSA) is 23.8 Å². The highest BCUT2D eigenvalue weighted by molar-refractivity contribution is 5.14. The molecule has 0 saturated carbocycles. The van der Waals surface area contributed by atoms with E-state index in [4.69, 9.17) is 5.26 Å². The summed E-state index contributed by atoms with van der Waals surface area (Å²) < 4.78 is 0. The Labute approximate surface area is 68.3 Å². The summed E-state index contributed by atoms with van der Waals surface area (Å²) in [6, 6.07) is 2.21. The van der Waals surface area contributed by atoms with Gasteiger partial charge in [0.05, 0.1) is 11.5 Å². The molecule has 0 aromatic heterocycles. The second kappa shape index (κ2) is 4.51. The van der Waals surface area contributed by atoms with Gasteiger partial charge in [-0.3, -0.25) is 0 Å². The minimum atomic E-state index is -0.483. The van der Waals surface area contributed by atoms with E-state index >= 15 is 0 Å². The smallest absolute Gasteiger partial charge is 0.0819 e. The molecule has 0 atom stereocenters. The van der Waals surface area contributed by atoms with Gasteiger partial charge in [0.1, 0.15) is 0 Å². The van der Waals surface area contributed by atoms with Gasteiger partial charge in [-0.15, -0.1) is 19.7 Å². The van der Waals surface area contributed by atoms with Crippen LogP contribution in [0.2, 0.25) is 0 Å². The van der Waals surface area contributed by atoms with Crippen LogP contribution in [0, 0.1) is 16.7 Å². The van der Waals surface area contributed by atoms with E-state index in [2.05, 4.69) is 25.8 Å². The van der Waals surface area contributed by atoms with E-state index in [1.807, 2.05) is 0 Å². The van der Waals surface area contributed by atoms with E-state index in [1.165, 1.54) is 0 Å². The summed E-state index contributed by atoms with van der Waals surface area (Å²) in [6.07, 6.45) is 6.40. The van der Waals surface area contributed by atoms with Gasteiger partial charge in [0.2, 0.25) is 0 Å². The molecule has 0 bridgehead atoms. The first-order valence-corrected chi connectivity index (χ1v) is 3.51. The van der Waals surface area contributed by atoms with Crippen LogP contribution in [-0.2, 0) is 0 Å². The van der Waals surface area contributed by atoms with Crippen LogP contribution in [0.5, 0.6) is 0 Å². The number of rotatable bonds is 5. The molecule has 0 aromatic rings. The second-order valence-corrected chi connectivity index (χ2v) is 2.46. The summed E-state index contributed by atoms with van der Waals surface area (Å²) in [5, 5.41) is 8.82. The Bertz CT molecular complexity index is 185. The van der Waals surface area contributed by atoms with Crippen LogP contribution >= 0.6 is 0 Å². The molecule has 0 saturated heterocycles. The Kier molecular flexibility index (Phi) is 3.98. The Morgan fingerprint density at radius 3 is 1.82 bits per heavy atom. The fourth-order valence-electron chi connectivity index (χ4n) is 0.902. The van der Waals surface area contributed by atoms with Crippen molar-refractivity contribution in [2.45, 2.75) is 12.8 Å². The van der Waals surface area contributed by atoms with E-state index in [1.54, 1.807) is 18.2 Å². The molecule has 1 heteroatoms. The summed E-state index contributed by atoms with van der Waals surface area (Å²) >= 11 is 0. The van der Waals surface area contributed by atoms with E-state index in [0.717, 1.165) is 0 Å². The Morgan fingerprint density at radius 1 is 1.18 bits per heavy atom. The molecule has 0 amide bonds. The maximum atomic E-state index is 8.82. The van der Waals surface area contributed by atoms with Crippen LogP contribution in [0.15, 0.2) is 38.0 Å². The van der Waals surface area contributed by atoms with Crippen LogP contribution < -0.4 is 0 Å². The fourth-order valence-corrected chi connectivity index (χ4v) is 0.902. The van der Waals surface area contributed by atoms with Crippen molar-refractivity contribution in [3.05, 3.63) is 38.0 Å². The van der Waals surface area contributed by atoms with Crippen LogP contribution in [0.1, 0.15) is 12.8 Å². The van der Waals surface area contributed by atoms with E-state index < -0.39 is 5.41 Å². The number of hydrogen-bond acceptors (Lipinski definition) is 1. The molecular formula is C10H13N. The van der Waals surface area contributed by atoms with Crippen molar-refractivity contribution in [1.82, 2.24) is 0 Å². The number of hydrogen-bond donors (Lipinski definition) is 0. The molecule has 0 radical (unpaired) electrons. The lowest BCUT2D eigenvalue weighted by atomic mass is 9.83. The zero-order valence-electron chi connectivity index (χ0n) is 6.71. The second-order valence-electron chi connectivity index (χ2n) is 2.46. The Hall–Kier alpha value is -1.29. The third kappa shape index (κ3) is 2.43. The van der Waals surface area contributed by atoms with Crippen molar-refractivity contribution in [2.24, 2.45) is 5.41 Å². The van der Waals surface area contributed by atoms with Gasteiger partial charge in [-0.2, -0.15) is 5.26 Å². The summed E-state index contributed by atoms with van der Waals surface area (Å²) in [4.78, 5) is 0. The summed E-state index contributed by atoms with van der Waals surface area (Å²) in [7, 11) is 0. The zero-order chi connectivity index (χ0) is 8.74. The monoisotopic (exact) mass is 147 g/mol. The maximum absolute atomic E-state index is 8.82. The third-order valence-corrected chi connectivity index (χ3v) is 1.63. The summed E-state index contributed by atoms with van der Waals surface area (Å²) in [6.45, 7) is 10.8. The highest BCUT2D eigenvalue weighted by Gasteiger charge is 2.22. The first-order chi connectivity index (χ1) is 5.24. The lowest BCUT2D eigenvalue weighted by Crippen LogP contribution is -2.12. The predicted octanol–water partition coefficient (Wildman–Crippen LogP) is 2.83. The third-order valence-electron chi connectivity index (χ3n) is 1.63. The van der Waals surface area contributed by atoms with Gasteiger partial charge in [0.15, 0.2) is 0 Å². The standard InChI is InChI=1S/C10H13N/c1-4-7-10(6-3,9-11)8-5-2/h4-6H,1-3,7-8H2. The molecule has 0 N–H and O–H groups in total. The molecule has 0 unspecified atom stereocenters. The fraction of sp³-hybridized carbons (Fsp3) is 0.300. The van der Waals surface area contributed by atoms with Crippen molar-refractivity contribution < 1.29 is 0 Å². The molecular weight excluding hydrogens is 134 g/mol. The van der Waals surface area contributed by atoms with E-state index in [9.17, 15) is 0 Å². The molecule has 11 heavy (non-hydrogen) atoms. The SMILES string of the molecule is C=CCC(C#N)(C=C)CC=C. The van der Waals surface area contributed by atoms with Crippen molar-refractivity contribution in [3.63, 3.8) is 0 Å². The Morgan fingerprint density at radius 2 is 1.64 bits per heavy atom. The van der Waals surface area contributed by atoms with Crippen molar-refractivity contribution in [2.75, 3.05) is 0 Å². The van der Waals surface area contributed by atoms with Gasteiger partial charge in [0.25, 0.3) is 0 Å². The minimum absolute atomic E-state index is 0.483. The lowest BCUT2D eigenvalue weighted by Gasteiger charge is -2.17. The highest BCUT2D eigenvalue weighted by atomic mass is 14.3. The van der Waals surface area contributed by atoms with Crippen LogP contribution in [0.3, 0.4) is 0 Å². The van der Waals surface area contributed by atoms with Crippen LogP contribution in [-0.4, -0.2) is 0 Å². The zero-order valence-corrected chi connectivity index (χ0v) is 6.71. The summed E-state index contributed by atoms with van der Waals surface area (Å²) in [5.74, 6) is 0. The van der Waals surface area contributed by atoms with Crippen molar-refractivity contribution in [1.29, 1.82) is 5.26 Å². The molecule has 0 aliphatic carbocycles. The molecule has 0 heterocycles. The number of allylic oxidation sites excluding steroid dienone is 3. The lowest BCUT2D eigenvalue weighted by molar-refractivity contribution is 0.525. The minimum Gasteiger partial charge on any atom is -0.197 e. The molecule has 0 fully saturated rings. The van der Waals surface area contributed by atoms with Gasteiger partial charge in [-0.25, -0.2) is 0 Å².